The molecule has 0 bridgehead atoms. The van der Waals surface area contributed by atoms with Crippen LogP contribution in [0.15, 0.2) is 41.5 Å². The van der Waals surface area contributed by atoms with Gasteiger partial charge >= 0.3 is 0 Å². The summed E-state index contributed by atoms with van der Waals surface area (Å²) in [6.07, 6.45) is 3.74. The highest BCUT2D eigenvalue weighted by atomic mass is 16.5. The lowest BCUT2D eigenvalue weighted by atomic mass is 10.1. The SMILES string of the molecule is CCCOc1ncccc1CNC(=NC)NCc1ccc(C)cc1OC1CCOC1. The monoisotopic (exact) mass is 412 g/mol. The second-order valence-corrected chi connectivity index (χ2v) is 7.31. The van der Waals surface area contributed by atoms with Crippen molar-refractivity contribution in [2.75, 3.05) is 26.9 Å². The largest absolute Gasteiger partial charge is 0.488 e. The van der Waals surface area contributed by atoms with E-state index in [4.69, 9.17) is 14.2 Å². The summed E-state index contributed by atoms with van der Waals surface area (Å²) in [5.41, 5.74) is 3.25. The number of benzene rings is 1. The quantitative estimate of drug-likeness (QED) is 0.487. The van der Waals surface area contributed by atoms with E-state index in [-0.39, 0.29) is 6.10 Å². The zero-order valence-electron chi connectivity index (χ0n) is 18.1. The van der Waals surface area contributed by atoms with E-state index in [2.05, 4.69) is 52.7 Å². The Labute approximate surface area is 178 Å². The summed E-state index contributed by atoms with van der Waals surface area (Å²) in [5.74, 6) is 2.27. The fourth-order valence-electron chi connectivity index (χ4n) is 3.17. The normalized spacial score (nSPS) is 16.4. The molecular formula is C23H32N4O3. The molecule has 30 heavy (non-hydrogen) atoms. The van der Waals surface area contributed by atoms with Gasteiger partial charge in [-0.3, -0.25) is 4.99 Å². The van der Waals surface area contributed by atoms with E-state index in [1.165, 1.54) is 5.56 Å². The van der Waals surface area contributed by atoms with Crippen LogP contribution in [0.25, 0.3) is 0 Å². The van der Waals surface area contributed by atoms with Crippen LogP contribution in [0.5, 0.6) is 11.6 Å². The molecule has 1 aliphatic heterocycles. The van der Waals surface area contributed by atoms with Gasteiger partial charge in [0.2, 0.25) is 5.88 Å². The Kier molecular flexibility index (Phi) is 8.32. The van der Waals surface area contributed by atoms with E-state index >= 15 is 0 Å². The molecule has 1 unspecified atom stereocenters. The molecule has 1 saturated heterocycles. The molecule has 3 rings (SSSR count). The topological polar surface area (TPSA) is 77.0 Å². The number of aromatic nitrogens is 1. The van der Waals surface area contributed by atoms with Gasteiger partial charge in [-0.1, -0.05) is 25.1 Å². The lowest BCUT2D eigenvalue weighted by Crippen LogP contribution is -2.36. The standard InChI is InChI=1S/C23H32N4O3/c1-4-11-29-22-19(6-5-10-25-22)15-27-23(24-3)26-14-18-8-7-17(2)13-21(18)30-20-9-12-28-16-20/h5-8,10,13,20H,4,9,11-12,14-16H2,1-3H3,(H2,24,26,27). The van der Waals surface area contributed by atoms with Crippen LogP contribution in [0.3, 0.4) is 0 Å². The Morgan fingerprint density at radius 2 is 2.07 bits per heavy atom. The number of nitrogens with one attached hydrogen (secondary N) is 2. The van der Waals surface area contributed by atoms with Crippen molar-refractivity contribution < 1.29 is 14.2 Å². The molecule has 7 heteroatoms. The van der Waals surface area contributed by atoms with Gasteiger partial charge in [0, 0.05) is 43.9 Å². The van der Waals surface area contributed by atoms with Crippen molar-refractivity contribution in [1.82, 2.24) is 15.6 Å². The van der Waals surface area contributed by atoms with Gasteiger partial charge in [-0.2, -0.15) is 0 Å². The van der Waals surface area contributed by atoms with Crippen molar-refractivity contribution in [3.63, 3.8) is 0 Å². The molecule has 1 aliphatic rings. The van der Waals surface area contributed by atoms with Crippen LogP contribution >= 0.6 is 0 Å². The van der Waals surface area contributed by atoms with E-state index in [0.29, 0.717) is 38.1 Å². The van der Waals surface area contributed by atoms with Gasteiger partial charge in [0.15, 0.2) is 5.96 Å². The first-order valence-electron chi connectivity index (χ1n) is 10.5. The lowest BCUT2D eigenvalue weighted by Gasteiger charge is -2.18. The first-order chi connectivity index (χ1) is 14.7. The van der Waals surface area contributed by atoms with Crippen LogP contribution in [0.4, 0.5) is 0 Å². The van der Waals surface area contributed by atoms with Gasteiger partial charge in [-0.05, 0) is 31.0 Å². The Balaban J connectivity index is 1.58. The summed E-state index contributed by atoms with van der Waals surface area (Å²) in [6, 6.07) is 10.2. The number of hydrogen-bond acceptors (Lipinski definition) is 5. The van der Waals surface area contributed by atoms with E-state index < -0.39 is 0 Å². The van der Waals surface area contributed by atoms with E-state index in [9.17, 15) is 0 Å². The lowest BCUT2D eigenvalue weighted by molar-refractivity contribution is 0.140. The fraction of sp³-hybridized carbons (Fsp3) is 0.478. The molecule has 2 aromatic rings. The number of hydrogen-bond donors (Lipinski definition) is 2. The van der Waals surface area contributed by atoms with Gasteiger partial charge < -0.3 is 24.8 Å². The van der Waals surface area contributed by atoms with Crippen molar-refractivity contribution in [3.05, 3.63) is 53.2 Å². The number of guanidine groups is 1. The van der Waals surface area contributed by atoms with Gasteiger partial charge in [0.05, 0.1) is 19.8 Å². The molecule has 162 valence electrons. The van der Waals surface area contributed by atoms with Crippen molar-refractivity contribution in [1.29, 1.82) is 0 Å². The maximum absolute atomic E-state index is 6.19. The van der Waals surface area contributed by atoms with Crippen molar-refractivity contribution >= 4 is 5.96 Å². The highest BCUT2D eigenvalue weighted by molar-refractivity contribution is 5.79. The average Bonchev–Trinajstić information content (AvgIpc) is 3.27. The van der Waals surface area contributed by atoms with Crippen LogP contribution in [0.2, 0.25) is 0 Å². The molecule has 0 saturated carbocycles. The van der Waals surface area contributed by atoms with Crippen molar-refractivity contribution in [2.45, 2.75) is 45.9 Å². The predicted octanol–water partition coefficient (Wildman–Crippen LogP) is 3.21. The van der Waals surface area contributed by atoms with Crippen LogP contribution in [0.1, 0.15) is 36.5 Å². The molecule has 0 radical (unpaired) electrons. The maximum Gasteiger partial charge on any atom is 0.218 e. The molecule has 1 aromatic heterocycles. The molecule has 1 atom stereocenters. The average molecular weight is 413 g/mol. The van der Waals surface area contributed by atoms with Crippen LogP contribution in [0, 0.1) is 6.92 Å². The molecule has 1 fully saturated rings. The van der Waals surface area contributed by atoms with Crippen LogP contribution < -0.4 is 20.1 Å². The third-order valence-corrected chi connectivity index (χ3v) is 4.81. The number of aliphatic imine (C=N–C) groups is 1. The third kappa shape index (κ3) is 6.35. The summed E-state index contributed by atoms with van der Waals surface area (Å²) in [4.78, 5) is 8.67. The van der Waals surface area contributed by atoms with Gasteiger partial charge in [0.1, 0.15) is 11.9 Å². The summed E-state index contributed by atoms with van der Waals surface area (Å²) in [5, 5.41) is 6.70. The zero-order valence-corrected chi connectivity index (χ0v) is 18.1. The van der Waals surface area contributed by atoms with E-state index in [0.717, 1.165) is 36.3 Å². The summed E-state index contributed by atoms with van der Waals surface area (Å²) in [6.45, 7) is 7.39. The van der Waals surface area contributed by atoms with Gasteiger partial charge in [0.25, 0.3) is 0 Å². The van der Waals surface area contributed by atoms with E-state index in [1.54, 1.807) is 13.2 Å². The van der Waals surface area contributed by atoms with Crippen LogP contribution in [-0.2, 0) is 17.8 Å². The minimum atomic E-state index is 0.120. The van der Waals surface area contributed by atoms with Crippen LogP contribution in [-0.4, -0.2) is 43.9 Å². The molecule has 1 aromatic carbocycles. The highest BCUT2D eigenvalue weighted by Gasteiger charge is 2.19. The summed E-state index contributed by atoms with van der Waals surface area (Å²) in [7, 11) is 1.76. The van der Waals surface area contributed by atoms with Crippen molar-refractivity contribution in [2.24, 2.45) is 4.99 Å². The minimum Gasteiger partial charge on any atom is -0.488 e. The van der Waals surface area contributed by atoms with Gasteiger partial charge in [-0.15, -0.1) is 0 Å². The zero-order chi connectivity index (χ0) is 21.2. The summed E-state index contributed by atoms with van der Waals surface area (Å²) >= 11 is 0. The molecular weight excluding hydrogens is 380 g/mol. The summed E-state index contributed by atoms with van der Waals surface area (Å²) < 4.78 is 17.4. The predicted molar refractivity (Wildman–Crippen MR) is 118 cm³/mol. The smallest absolute Gasteiger partial charge is 0.218 e. The Morgan fingerprint density at radius 1 is 1.23 bits per heavy atom. The first kappa shape index (κ1) is 21.9. The van der Waals surface area contributed by atoms with Gasteiger partial charge in [-0.25, -0.2) is 4.98 Å². The minimum absolute atomic E-state index is 0.120. The second-order valence-electron chi connectivity index (χ2n) is 7.31. The highest BCUT2D eigenvalue weighted by Crippen LogP contribution is 2.24. The molecule has 7 nitrogen and oxygen atoms in total. The number of pyridine rings is 1. The maximum atomic E-state index is 6.19. The van der Waals surface area contributed by atoms with E-state index in [1.807, 2.05) is 12.1 Å². The molecule has 0 spiro atoms. The number of ether oxygens (including phenoxy) is 3. The number of aryl methyl sites for hydroxylation is 1. The number of rotatable bonds is 9. The second kappa shape index (κ2) is 11.4. The Morgan fingerprint density at radius 3 is 2.80 bits per heavy atom. The first-order valence-corrected chi connectivity index (χ1v) is 10.5. The fourth-order valence-corrected chi connectivity index (χ4v) is 3.17. The Bertz CT molecular complexity index is 835. The molecule has 2 heterocycles. The Hall–Kier alpha value is -2.80. The number of nitrogens with zero attached hydrogens (tertiary/aromatic N) is 2. The molecule has 0 aliphatic carbocycles. The molecule has 2 N–H and O–H groups in total. The third-order valence-electron chi connectivity index (χ3n) is 4.81. The molecule has 0 amide bonds. The van der Waals surface area contributed by atoms with Crippen molar-refractivity contribution in [3.8, 4) is 11.6 Å².